The van der Waals surface area contributed by atoms with Gasteiger partial charge in [-0.3, -0.25) is 5.43 Å². The Hall–Kier alpha value is -1.63. The van der Waals surface area contributed by atoms with Gasteiger partial charge >= 0.3 is 6.01 Å². The first-order valence-corrected chi connectivity index (χ1v) is 5.17. The fourth-order valence-corrected chi connectivity index (χ4v) is 0.986. The molecule has 1 heterocycles. The Morgan fingerprint density at radius 3 is 2.56 bits per heavy atom. The number of nitrogen functional groups attached to an aromatic ring is 1. The van der Waals surface area contributed by atoms with Gasteiger partial charge in [-0.15, -0.1) is 0 Å². The second-order valence-corrected chi connectivity index (χ2v) is 3.57. The molecule has 0 spiro atoms. The molecule has 1 aromatic rings. The molecule has 7 heteroatoms. The average molecular weight is 226 g/mol. The molecular weight excluding hydrogens is 208 g/mol. The van der Waals surface area contributed by atoms with Crippen molar-refractivity contribution in [2.75, 3.05) is 23.9 Å². The summed E-state index contributed by atoms with van der Waals surface area (Å²) in [5, 5.41) is 0. The summed E-state index contributed by atoms with van der Waals surface area (Å²) in [6.45, 7) is 6.60. The largest absolute Gasteiger partial charge is 0.461 e. The molecule has 3 N–H and O–H groups in total. The lowest BCUT2D eigenvalue weighted by Crippen LogP contribution is -2.22. The number of nitrogens with one attached hydrogen (secondary N) is 1. The molecule has 0 bridgehead atoms. The normalized spacial score (nSPS) is 10.4. The van der Waals surface area contributed by atoms with Gasteiger partial charge in [0, 0.05) is 13.6 Å². The predicted molar refractivity (Wildman–Crippen MR) is 62.3 cm³/mol. The second kappa shape index (κ2) is 5.45. The van der Waals surface area contributed by atoms with E-state index in [0.29, 0.717) is 11.9 Å². The number of aromatic nitrogens is 3. The number of anilines is 2. The first-order valence-electron chi connectivity index (χ1n) is 5.17. The van der Waals surface area contributed by atoms with Crippen LogP contribution in [0, 0.1) is 0 Å². The van der Waals surface area contributed by atoms with Crippen LogP contribution in [-0.4, -0.2) is 34.6 Å². The van der Waals surface area contributed by atoms with Crippen LogP contribution in [0.1, 0.15) is 20.8 Å². The Morgan fingerprint density at radius 1 is 1.38 bits per heavy atom. The number of hydrogen-bond donors (Lipinski definition) is 2. The molecular formula is C9H18N6O. The molecule has 0 aliphatic carbocycles. The summed E-state index contributed by atoms with van der Waals surface area (Å²) in [7, 11) is 1.88. The van der Waals surface area contributed by atoms with E-state index in [2.05, 4.69) is 20.4 Å². The lowest BCUT2D eigenvalue weighted by Gasteiger charge is -2.16. The molecule has 0 radical (unpaired) electrons. The predicted octanol–water partition coefficient (Wildman–Crippen LogP) is 0.400. The van der Waals surface area contributed by atoms with Crippen LogP contribution in [0.2, 0.25) is 0 Å². The number of nitrogens with zero attached hydrogens (tertiary/aromatic N) is 4. The summed E-state index contributed by atoms with van der Waals surface area (Å²) in [5.74, 6) is 6.10. The van der Waals surface area contributed by atoms with Crippen molar-refractivity contribution in [3.05, 3.63) is 0 Å². The summed E-state index contributed by atoms with van der Waals surface area (Å²) in [6, 6.07) is 0.272. The van der Waals surface area contributed by atoms with E-state index in [1.165, 1.54) is 0 Å². The molecule has 0 saturated heterocycles. The third-order valence-electron chi connectivity index (χ3n) is 1.89. The maximum Gasteiger partial charge on any atom is 0.323 e. The summed E-state index contributed by atoms with van der Waals surface area (Å²) in [5.41, 5.74) is 2.39. The van der Waals surface area contributed by atoms with E-state index in [9.17, 15) is 0 Å². The van der Waals surface area contributed by atoms with Crippen LogP contribution in [0.5, 0.6) is 6.01 Å². The van der Waals surface area contributed by atoms with Crippen molar-refractivity contribution in [2.24, 2.45) is 5.84 Å². The van der Waals surface area contributed by atoms with Gasteiger partial charge in [-0.1, -0.05) is 0 Å². The van der Waals surface area contributed by atoms with E-state index in [1.54, 1.807) is 0 Å². The molecule has 1 aromatic heterocycles. The van der Waals surface area contributed by atoms with Crippen LogP contribution in [0.15, 0.2) is 0 Å². The maximum absolute atomic E-state index is 5.41. The number of hydrazine groups is 1. The lowest BCUT2D eigenvalue weighted by atomic mass is 10.5. The van der Waals surface area contributed by atoms with Crippen LogP contribution in [0.25, 0.3) is 0 Å². The molecule has 0 atom stereocenters. The zero-order chi connectivity index (χ0) is 12.1. The lowest BCUT2D eigenvalue weighted by molar-refractivity contribution is 0.222. The molecule has 0 aliphatic heterocycles. The molecule has 0 unspecified atom stereocenters. The molecule has 0 aliphatic rings. The van der Waals surface area contributed by atoms with Gasteiger partial charge < -0.3 is 9.64 Å². The van der Waals surface area contributed by atoms with Gasteiger partial charge in [0.15, 0.2) is 0 Å². The van der Waals surface area contributed by atoms with Gasteiger partial charge in [0.1, 0.15) is 0 Å². The zero-order valence-corrected chi connectivity index (χ0v) is 10.1. The van der Waals surface area contributed by atoms with E-state index in [-0.39, 0.29) is 12.1 Å². The van der Waals surface area contributed by atoms with Crippen LogP contribution >= 0.6 is 0 Å². The molecule has 1 rings (SSSR count). The van der Waals surface area contributed by atoms with Crippen molar-refractivity contribution in [1.29, 1.82) is 0 Å². The summed E-state index contributed by atoms with van der Waals surface area (Å²) < 4.78 is 5.41. The van der Waals surface area contributed by atoms with Gasteiger partial charge in [0.2, 0.25) is 11.9 Å². The standard InChI is InChI=1S/C9H18N6O/c1-5-15(4)8-11-7(14-10)12-9(13-8)16-6(2)3/h6H,5,10H2,1-4H3,(H,11,12,13,14). The van der Waals surface area contributed by atoms with Crippen LogP contribution in [-0.2, 0) is 0 Å². The Morgan fingerprint density at radius 2 is 2.06 bits per heavy atom. The monoisotopic (exact) mass is 226 g/mol. The van der Waals surface area contributed by atoms with Gasteiger partial charge in [-0.2, -0.15) is 15.0 Å². The van der Waals surface area contributed by atoms with Crippen molar-refractivity contribution < 1.29 is 4.74 Å². The van der Waals surface area contributed by atoms with E-state index in [0.717, 1.165) is 6.54 Å². The van der Waals surface area contributed by atoms with E-state index >= 15 is 0 Å². The van der Waals surface area contributed by atoms with E-state index < -0.39 is 0 Å². The average Bonchev–Trinajstić information content (AvgIpc) is 2.26. The highest BCUT2D eigenvalue weighted by atomic mass is 16.5. The SMILES string of the molecule is CCN(C)c1nc(NN)nc(OC(C)C)n1. The fraction of sp³-hybridized carbons (Fsp3) is 0.667. The Balaban J connectivity index is 3.00. The van der Waals surface area contributed by atoms with Crippen LogP contribution in [0.3, 0.4) is 0 Å². The fourth-order valence-electron chi connectivity index (χ4n) is 0.986. The summed E-state index contributed by atoms with van der Waals surface area (Å²) in [4.78, 5) is 14.2. The Kier molecular flexibility index (Phi) is 4.24. The highest BCUT2D eigenvalue weighted by molar-refractivity contribution is 5.36. The number of ether oxygens (including phenoxy) is 1. The minimum absolute atomic E-state index is 0.00723. The first kappa shape index (κ1) is 12.4. The third-order valence-corrected chi connectivity index (χ3v) is 1.89. The van der Waals surface area contributed by atoms with Crippen LogP contribution in [0.4, 0.5) is 11.9 Å². The topological polar surface area (TPSA) is 89.2 Å². The quantitative estimate of drug-likeness (QED) is 0.555. The molecule has 16 heavy (non-hydrogen) atoms. The van der Waals surface area contributed by atoms with Gasteiger partial charge in [0.05, 0.1) is 6.10 Å². The smallest absolute Gasteiger partial charge is 0.323 e. The minimum Gasteiger partial charge on any atom is -0.461 e. The molecule has 7 nitrogen and oxygen atoms in total. The zero-order valence-electron chi connectivity index (χ0n) is 10.1. The molecule has 0 saturated carbocycles. The Labute approximate surface area is 95.0 Å². The van der Waals surface area contributed by atoms with E-state index in [4.69, 9.17) is 10.6 Å². The maximum atomic E-state index is 5.41. The van der Waals surface area contributed by atoms with Crippen LogP contribution < -0.4 is 20.9 Å². The number of nitrogens with two attached hydrogens (primary N) is 1. The third kappa shape index (κ3) is 3.20. The van der Waals surface area contributed by atoms with Gasteiger partial charge in [-0.05, 0) is 20.8 Å². The first-order chi connectivity index (χ1) is 7.56. The van der Waals surface area contributed by atoms with Crippen molar-refractivity contribution in [2.45, 2.75) is 26.9 Å². The highest BCUT2D eigenvalue weighted by Crippen LogP contribution is 2.14. The summed E-state index contributed by atoms with van der Waals surface area (Å²) >= 11 is 0. The molecule has 0 aromatic carbocycles. The van der Waals surface area contributed by atoms with Crippen molar-refractivity contribution in [1.82, 2.24) is 15.0 Å². The number of hydrogen-bond acceptors (Lipinski definition) is 7. The second-order valence-electron chi connectivity index (χ2n) is 3.57. The van der Waals surface area contributed by atoms with Crippen molar-refractivity contribution in [3.63, 3.8) is 0 Å². The van der Waals surface area contributed by atoms with Crippen molar-refractivity contribution in [3.8, 4) is 6.01 Å². The number of rotatable bonds is 5. The van der Waals surface area contributed by atoms with Gasteiger partial charge in [0.25, 0.3) is 0 Å². The van der Waals surface area contributed by atoms with Gasteiger partial charge in [-0.25, -0.2) is 5.84 Å². The molecule has 0 fully saturated rings. The highest BCUT2D eigenvalue weighted by Gasteiger charge is 2.10. The van der Waals surface area contributed by atoms with E-state index in [1.807, 2.05) is 32.7 Å². The van der Waals surface area contributed by atoms with Crippen molar-refractivity contribution >= 4 is 11.9 Å². The molecule has 90 valence electrons. The minimum atomic E-state index is 0.00723. The Bertz CT molecular complexity index is 343. The summed E-state index contributed by atoms with van der Waals surface area (Å²) in [6.07, 6.45) is 0.00723. The molecule has 0 amide bonds.